The van der Waals surface area contributed by atoms with Crippen molar-refractivity contribution in [1.29, 1.82) is 0 Å². The topological polar surface area (TPSA) is 11.4 Å². The first kappa shape index (κ1) is 41.0. The number of hydrogen-bond donors (Lipinski definition) is 0. The molecule has 0 radical (unpaired) electrons. The van der Waals surface area contributed by atoms with Crippen LogP contribution < -0.4 is 9.80 Å². The van der Waals surface area contributed by atoms with Gasteiger partial charge in [-0.15, -0.1) is 0 Å². The van der Waals surface area contributed by atoms with Gasteiger partial charge in [-0.3, -0.25) is 0 Å². The highest BCUT2D eigenvalue weighted by Gasteiger charge is 2.53. The van der Waals surface area contributed by atoms with Crippen LogP contribution in [0.2, 0.25) is 0 Å². The molecule has 13 aromatic rings. The van der Waals surface area contributed by atoms with Crippen LogP contribution in [-0.2, 0) is 5.41 Å². The predicted molar refractivity (Wildman–Crippen MR) is 308 cm³/mol. The molecule has 0 atom stereocenters. The monoisotopic (exact) mass is 939 g/mol. The summed E-state index contributed by atoms with van der Waals surface area (Å²) in [5.41, 5.74) is 24.8. The lowest BCUT2D eigenvalue weighted by atomic mass is 9.64. The number of hydrogen-bond acceptors (Lipinski definition) is 2. The molecule has 2 aliphatic carbocycles. The number of aromatic nitrogens is 1. The average molecular weight is 940 g/mol. The molecule has 12 aromatic carbocycles. The van der Waals surface area contributed by atoms with E-state index in [1.807, 2.05) is 0 Å². The summed E-state index contributed by atoms with van der Waals surface area (Å²) in [7, 11) is 0. The number of benzene rings is 12. The van der Waals surface area contributed by atoms with Crippen molar-refractivity contribution in [2.45, 2.75) is 5.41 Å². The zero-order valence-corrected chi connectivity index (χ0v) is 40.3. The van der Waals surface area contributed by atoms with Crippen LogP contribution in [0.3, 0.4) is 0 Å². The minimum absolute atomic E-state index is 0.699. The molecule has 3 nitrogen and oxygen atoms in total. The van der Waals surface area contributed by atoms with Gasteiger partial charge in [-0.2, -0.15) is 0 Å². The Morgan fingerprint density at radius 1 is 0.311 bits per heavy atom. The Morgan fingerprint density at radius 2 is 0.865 bits per heavy atom. The normalized spacial score (nSPS) is 13.2. The van der Waals surface area contributed by atoms with Gasteiger partial charge in [0.05, 0.1) is 33.5 Å². The molecule has 0 fully saturated rings. The molecule has 16 rings (SSSR count). The van der Waals surface area contributed by atoms with Crippen molar-refractivity contribution in [2.24, 2.45) is 0 Å². The van der Waals surface area contributed by atoms with Gasteiger partial charge in [0.25, 0.3) is 0 Å². The number of rotatable bonds is 6. The molecule has 2 heterocycles. The molecule has 1 aromatic heterocycles. The van der Waals surface area contributed by atoms with Gasteiger partial charge in [-0.25, -0.2) is 0 Å². The van der Waals surface area contributed by atoms with Gasteiger partial charge in [0.2, 0.25) is 0 Å². The highest BCUT2D eigenvalue weighted by Crippen LogP contribution is 2.66. The van der Waals surface area contributed by atoms with E-state index in [9.17, 15) is 0 Å². The molecule has 0 amide bonds. The molecule has 0 saturated heterocycles. The van der Waals surface area contributed by atoms with E-state index in [-0.39, 0.29) is 0 Å². The maximum Gasteiger partial charge on any atom is 0.0755 e. The molecule has 0 N–H and O–H groups in total. The maximum absolute atomic E-state index is 2.58. The van der Waals surface area contributed by atoms with Crippen LogP contribution in [0.5, 0.6) is 0 Å². The van der Waals surface area contributed by atoms with Crippen molar-refractivity contribution in [1.82, 2.24) is 4.57 Å². The SMILES string of the molecule is c1ccc(-c2ccccc2N(c2ccc3c(c2)C2(c4ccccc4N(c4ccccc4)c4ccccc42)c2cc4c5c(cccc5c2-3)-c2ccccc2-4)c2ccc3c(c2)c2ccccc2n3-c2ccccc2)cc1. The van der Waals surface area contributed by atoms with E-state index < -0.39 is 5.41 Å². The highest BCUT2D eigenvalue weighted by molar-refractivity contribution is 6.21. The van der Waals surface area contributed by atoms with E-state index in [0.29, 0.717) is 0 Å². The van der Waals surface area contributed by atoms with Crippen LogP contribution in [0.15, 0.2) is 273 Å². The molecule has 0 unspecified atom stereocenters. The molecule has 344 valence electrons. The predicted octanol–water partition coefficient (Wildman–Crippen LogP) is 18.9. The van der Waals surface area contributed by atoms with Crippen LogP contribution in [-0.4, -0.2) is 4.57 Å². The molecular weight excluding hydrogens is 895 g/mol. The number of para-hydroxylation sites is 6. The lowest BCUT2D eigenvalue weighted by Gasteiger charge is -2.45. The maximum atomic E-state index is 2.58. The first-order valence-corrected chi connectivity index (χ1v) is 25.7. The van der Waals surface area contributed by atoms with Gasteiger partial charge in [-0.05, 0) is 157 Å². The molecule has 0 saturated carbocycles. The first-order valence-electron chi connectivity index (χ1n) is 25.7. The molecular formula is C71H45N3. The second-order valence-corrected chi connectivity index (χ2v) is 19.9. The summed E-state index contributed by atoms with van der Waals surface area (Å²) < 4.78 is 2.40. The fourth-order valence-electron chi connectivity index (χ4n) is 13.4. The molecule has 74 heavy (non-hydrogen) atoms. The van der Waals surface area contributed by atoms with Gasteiger partial charge in [0, 0.05) is 39.1 Å². The molecule has 3 aliphatic rings. The summed E-state index contributed by atoms with van der Waals surface area (Å²) >= 11 is 0. The van der Waals surface area contributed by atoms with E-state index in [1.54, 1.807) is 0 Å². The fourth-order valence-corrected chi connectivity index (χ4v) is 13.4. The third kappa shape index (κ3) is 5.55. The summed E-state index contributed by atoms with van der Waals surface area (Å²) in [6, 6.07) is 102. The molecule has 1 spiro atoms. The largest absolute Gasteiger partial charge is 0.310 e. The van der Waals surface area contributed by atoms with Crippen molar-refractivity contribution < 1.29 is 0 Å². The smallest absolute Gasteiger partial charge is 0.0755 e. The average Bonchev–Trinajstić information content (AvgIpc) is 4.13. The van der Waals surface area contributed by atoms with Gasteiger partial charge in [0.1, 0.15) is 0 Å². The Bertz CT molecular complexity index is 4390. The zero-order valence-electron chi connectivity index (χ0n) is 40.3. The highest BCUT2D eigenvalue weighted by atomic mass is 15.2. The second kappa shape index (κ2) is 15.6. The van der Waals surface area contributed by atoms with E-state index in [2.05, 4.69) is 287 Å². The van der Waals surface area contributed by atoms with E-state index in [1.165, 1.54) is 105 Å². The van der Waals surface area contributed by atoms with Crippen molar-refractivity contribution >= 4 is 66.7 Å². The van der Waals surface area contributed by atoms with Crippen LogP contribution in [0.4, 0.5) is 34.1 Å². The third-order valence-electron chi connectivity index (χ3n) is 16.3. The van der Waals surface area contributed by atoms with Crippen LogP contribution in [0.1, 0.15) is 22.3 Å². The Morgan fingerprint density at radius 3 is 1.62 bits per heavy atom. The van der Waals surface area contributed by atoms with Crippen LogP contribution >= 0.6 is 0 Å². The lowest BCUT2D eigenvalue weighted by Crippen LogP contribution is -2.36. The van der Waals surface area contributed by atoms with Crippen LogP contribution in [0, 0.1) is 0 Å². The molecule has 1 aliphatic heterocycles. The van der Waals surface area contributed by atoms with Gasteiger partial charge >= 0.3 is 0 Å². The minimum atomic E-state index is -0.699. The van der Waals surface area contributed by atoms with Gasteiger partial charge < -0.3 is 14.4 Å². The molecule has 3 heteroatoms. The van der Waals surface area contributed by atoms with Crippen molar-refractivity contribution in [3.05, 3.63) is 295 Å². The van der Waals surface area contributed by atoms with Crippen molar-refractivity contribution in [3.63, 3.8) is 0 Å². The van der Waals surface area contributed by atoms with Gasteiger partial charge in [-0.1, -0.05) is 188 Å². The summed E-state index contributed by atoms with van der Waals surface area (Å²) in [6.45, 7) is 0. The van der Waals surface area contributed by atoms with Crippen molar-refractivity contribution in [2.75, 3.05) is 9.80 Å². The Kier molecular flexibility index (Phi) is 8.66. The van der Waals surface area contributed by atoms with E-state index >= 15 is 0 Å². The Balaban J connectivity index is 1.02. The summed E-state index contributed by atoms with van der Waals surface area (Å²) in [5, 5.41) is 5.06. The van der Waals surface area contributed by atoms with E-state index in [0.717, 1.165) is 34.0 Å². The Hall–Kier alpha value is -9.70. The number of nitrogens with zero attached hydrogens (tertiary/aromatic N) is 3. The standard InChI is InChI=1S/C71H45N3/c1-4-21-46(22-5-1)51-27-12-16-35-64(51)72(49-40-42-66-58(43-49)54-30-13-17-36-65(54)73(66)47-23-6-2-7-24-47)50-39-41-56-62(44-50)71(63-45-59-53-29-11-10-28-52(53)55-31-20-32-57(69(55)59)70(56)63)60-33-14-18-37-67(60)74(48-25-8-3-9-26-48)68-38-19-15-34-61(68)71/h1-45H. The first-order chi connectivity index (χ1) is 36.8. The summed E-state index contributed by atoms with van der Waals surface area (Å²) in [5.74, 6) is 0. The second-order valence-electron chi connectivity index (χ2n) is 19.9. The van der Waals surface area contributed by atoms with Crippen molar-refractivity contribution in [3.8, 4) is 50.2 Å². The van der Waals surface area contributed by atoms with Crippen LogP contribution in [0.25, 0.3) is 82.8 Å². The summed E-state index contributed by atoms with van der Waals surface area (Å²) in [6.07, 6.45) is 0. The van der Waals surface area contributed by atoms with E-state index in [4.69, 9.17) is 0 Å². The van der Waals surface area contributed by atoms with Gasteiger partial charge in [0.15, 0.2) is 0 Å². The zero-order chi connectivity index (χ0) is 48.5. The third-order valence-corrected chi connectivity index (χ3v) is 16.3. The summed E-state index contributed by atoms with van der Waals surface area (Å²) in [4.78, 5) is 5.00. The number of anilines is 6. The quantitative estimate of drug-likeness (QED) is 0.165. The Labute approximate surface area is 429 Å². The fraction of sp³-hybridized carbons (Fsp3) is 0.0141. The molecule has 0 bridgehead atoms. The lowest BCUT2D eigenvalue weighted by molar-refractivity contribution is 0.753. The number of fused-ring (bicyclic) bond motifs is 16. The minimum Gasteiger partial charge on any atom is -0.310 e.